The number of likely N-dealkylation sites (tertiary alicyclic amines) is 1. The summed E-state index contributed by atoms with van der Waals surface area (Å²) in [4.78, 5) is 2.58. The van der Waals surface area contributed by atoms with Crippen molar-refractivity contribution in [2.45, 2.75) is 38.2 Å². The fourth-order valence-corrected chi connectivity index (χ4v) is 3.01. The molecule has 2 nitrogen and oxygen atoms in total. The van der Waals surface area contributed by atoms with Gasteiger partial charge in [-0.25, -0.2) is 0 Å². The van der Waals surface area contributed by atoms with E-state index in [0.29, 0.717) is 6.10 Å². The van der Waals surface area contributed by atoms with E-state index in [1.807, 2.05) is 0 Å². The zero-order chi connectivity index (χ0) is 10.5. The standard InChI is InChI=1S/C12H22ClNO/c13-6-3-11-4-7-14(10-11)8-5-12-2-1-9-15-12/h11-12H,1-10H2. The van der Waals surface area contributed by atoms with Gasteiger partial charge in [0.05, 0.1) is 6.10 Å². The SMILES string of the molecule is ClCCC1CCN(CCC2CCCO2)C1. The molecular weight excluding hydrogens is 210 g/mol. The van der Waals surface area contributed by atoms with Gasteiger partial charge in [-0.3, -0.25) is 0 Å². The maximum absolute atomic E-state index is 5.77. The van der Waals surface area contributed by atoms with Gasteiger partial charge in [-0.05, 0) is 44.6 Å². The van der Waals surface area contributed by atoms with E-state index in [4.69, 9.17) is 16.3 Å². The highest BCUT2D eigenvalue weighted by atomic mass is 35.5. The average Bonchev–Trinajstić information content (AvgIpc) is 2.85. The number of alkyl halides is 1. The molecule has 0 amide bonds. The van der Waals surface area contributed by atoms with Crippen LogP contribution in [-0.4, -0.2) is 43.1 Å². The van der Waals surface area contributed by atoms with Crippen molar-refractivity contribution in [1.82, 2.24) is 4.90 Å². The minimum Gasteiger partial charge on any atom is -0.378 e. The summed E-state index contributed by atoms with van der Waals surface area (Å²) in [6.07, 6.45) is 6.86. The molecule has 0 radical (unpaired) electrons. The first kappa shape index (κ1) is 11.7. The van der Waals surface area contributed by atoms with Crippen molar-refractivity contribution in [3.63, 3.8) is 0 Å². The van der Waals surface area contributed by atoms with E-state index in [0.717, 1.165) is 18.4 Å². The summed E-state index contributed by atoms with van der Waals surface area (Å²) >= 11 is 5.77. The van der Waals surface area contributed by atoms with Crippen LogP contribution in [0.2, 0.25) is 0 Å². The van der Waals surface area contributed by atoms with Crippen LogP contribution in [0.4, 0.5) is 0 Å². The molecule has 0 aliphatic carbocycles. The van der Waals surface area contributed by atoms with Crippen LogP contribution in [-0.2, 0) is 4.74 Å². The van der Waals surface area contributed by atoms with E-state index >= 15 is 0 Å². The van der Waals surface area contributed by atoms with E-state index in [1.54, 1.807) is 0 Å². The second-order valence-corrected chi connectivity index (χ2v) is 5.23. The lowest BCUT2D eigenvalue weighted by atomic mass is 10.1. The molecule has 0 aromatic rings. The summed E-state index contributed by atoms with van der Waals surface area (Å²) in [5, 5.41) is 0. The second kappa shape index (κ2) is 6.07. The quantitative estimate of drug-likeness (QED) is 0.675. The molecule has 0 bridgehead atoms. The molecule has 0 spiro atoms. The van der Waals surface area contributed by atoms with E-state index in [9.17, 15) is 0 Å². The van der Waals surface area contributed by atoms with Gasteiger partial charge in [-0.2, -0.15) is 0 Å². The van der Waals surface area contributed by atoms with Gasteiger partial charge in [0.2, 0.25) is 0 Å². The molecule has 3 heteroatoms. The van der Waals surface area contributed by atoms with Crippen LogP contribution >= 0.6 is 11.6 Å². The van der Waals surface area contributed by atoms with Gasteiger partial charge < -0.3 is 9.64 Å². The Morgan fingerprint density at radius 3 is 2.93 bits per heavy atom. The molecule has 2 heterocycles. The van der Waals surface area contributed by atoms with Gasteiger partial charge in [-0.15, -0.1) is 11.6 Å². The van der Waals surface area contributed by atoms with Crippen LogP contribution < -0.4 is 0 Å². The first-order valence-corrected chi connectivity index (χ1v) is 6.82. The van der Waals surface area contributed by atoms with Crippen LogP contribution in [0.1, 0.15) is 32.1 Å². The minimum atomic E-state index is 0.553. The Bertz CT molecular complexity index is 182. The number of hydrogen-bond acceptors (Lipinski definition) is 2. The highest BCUT2D eigenvalue weighted by Gasteiger charge is 2.23. The first-order chi connectivity index (χ1) is 7.38. The maximum Gasteiger partial charge on any atom is 0.0588 e. The van der Waals surface area contributed by atoms with E-state index in [-0.39, 0.29) is 0 Å². The zero-order valence-electron chi connectivity index (χ0n) is 9.46. The Morgan fingerprint density at radius 2 is 2.20 bits per heavy atom. The number of hydrogen-bond donors (Lipinski definition) is 0. The van der Waals surface area contributed by atoms with Crippen molar-refractivity contribution in [3.05, 3.63) is 0 Å². The van der Waals surface area contributed by atoms with Crippen molar-refractivity contribution in [3.8, 4) is 0 Å². The third-order valence-corrected chi connectivity index (χ3v) is 3.90. The Hall–Kier alpha value is 0.210. The van der Waals surface area contributed by atoms with Crippen LogP contribution in [0, 0.1) is 5.92 Å². The van der Waals surface area contributed by atoms with Crippen molar-refractivity contribution in [2.75, 3.05) is 32.1 Å². The molecule has 0 saturated carbocycles. The molecule has 2 saturated heterocycles. The Morgan fingerprint density at radius 1 is 1.27 bits per heavy atom. The number of nitrogens with zero attached hydrogens (tertiary/aromatic N) is 1. The number of ether oxygens (including phenoxy) is 1. The Kier molecular flexibility index (Phi) is 4.73. The molecule has 0 N–H and O–H groups in total. The number of rotatable bonds is 5. The fraction of sp³-hybridized carbons (Fsp3) is 1.00. The molecule has 15 heavy (non-hydrogen) atoms. The lowest BCUT2D eigenvalue weighted by molar-refractivity contribution is 0.0945. The van der Waals surface area contributed by atoms with E-state index in [1.165, 1.54) is 51.7 Å². The predicted molar refractivity (Wildman–Crippen MR) is 63.5 cm³/mol. The van der Waals surface area contributed by atoms with Crippen molar-refractivity contribution >= 4 is 11.6 Å². The second-order valence-electron chi connectivity index (χ2n) is 4.86. The van der Waals surface area contributed by atoms with Gasteiger partial charge in [0.15, 0.2) is 0 Å². The maximum atomic E-state index is 5.77. The summed E-state index contributed by atoms with van der Waals surface area (Å²) in [6.45, 7) is 4.75. The highest BCUT2D eigenvalue weighted by Crippen LogP contribution is 2.22. The molecule has 0 aromatic heterocycles. The van der Waals surface area contributed by atoms with Crippen molar-refractivity contribution < 1.29 is 4.74 Å². The smallest absolute Gasteiger partial charge is 0.0588 e. The summed E-state index contributed by atoms with van der Waals surface area (Å²) in [6, 6.07) is 0. The molecular formula is C12H22ClNO. The van der Waals surface area contributed by atoms with E-state index in [2.05, 4.69) is 4.90 Å². The molecule has 2 atom stereocenters. The topological polar surface area (TPSA) is 12.5 Å². The van der Waals surface area contributed by atoms with Crippen LogP contribution in [0.15, 0.2) is 0 Å². The van der Waals surface area contributed by atoms with Crippen LogP contribution in [0.5, 0.6) is 0 Å². The van der Waals surface area contributed by atoms with Gasteiger partial charge in [0.25, 0.3) is 0 Å². The average molecular weight is 232 g/mol. The normalized spacial score (nSPS) is 32.6. The summed E-state index contributed by atoms with van der Waals surface area (Å²) in [5.74, 6) is 1.68. The van der Waals surface area contributed by atoms with Gasteiger partial charge >= 0.3 is 0 Å². The lowest BCUT2D eigenvalue weighted by Gasteiger charge is -2.18. The third-order valence-electron chi connectivity index (χ3n) is 3.68. The number of halogens is 1. The zero-order valence-corrected chi connectivity index (χ0v) is 10.2. The largest absolute Gasteiger partial charge is 0.378 e. The molecule has 88 valence electrons. The molecule has 2 aliphatic heterocycles. The van der Waals surface area contributed by atoms with Gasteiger partial charge in [0, 0.05) is 25.6 Å². The lowest BCUT2D eigenvalue weighted by Crippen LogP contribution is -2.25. The fourth-order valence-electron chi connectivity index (χ4n) is 2.70. The summed E-state index contributed by atoms with van der Waals surface area (Å²) in [5.41, 5.74) is 0. The van der Waals surface area contributed by atoms with Gasteiger partial charge in [-0.1, -0.05) is 0 Å². The minimum absolute atomic E-state index is 0.553. The molecule has 2 fully saturated rings. The summed E-state index contributed by atoms with van der Waals surface area (Å²) in [7, 11) is 0. The molecule has 0 aromatic carbocycles. The molecule has 2 aliphatic rings. The third kappa shape index (κ3) is 3.61. The van der Waals surface area contributed by atoms with E-state index < -0.39 is 0 Å². The Balaban J connectivity index is 1.59. The highest BCUT2D eigenvalue weighted by molar-refractivity contribution is 6.17. The van der Waals surface area contributed by atoms with Crippen molar-refractivity contribution in [2.24, 2.45) is 5.92 Å². The van der Waals surface area contributed by atoms with Crippen LogP contribution in [0.25, 0.3) is 0 Å². The van der Waals surface area contributed by atoms with Crippen molar-refractivity contribution in [1.29, 1.82) is 0 Å². The monoisotopic (exact) mass is 231 g/mol. The molecule has 2 rings (SSSR count). The first-order valence-electron chi connectivity index (χ1n) is 6.28. The molecule has 2 unspecified atom stereocenters. The van der Waals surface area contributed by atoms with Crippen LogP contribution in [0.3, 0.4) is 0 Å². The summed E-state index contributed by atoms with van der Waals surface area (Å²) < 4.78 is 5.64. The Labute approximate surface area is 97.9 Å². The predicted octanol–water partition coefficient (Wildman–Crippen LogP) is 2.51. The van der Waals surface area contributed by atoms with Gasteiger partial charge in [0.1, 0.15) is 0 Å².